The van der Waals surface area contributed by atoms with E-state index in [4.69, 9.17) is 9.26 Å². The molecule has 4 aromatic rings. The predicted octanol–water partition coefficient (Wildman–Crippen LogP) is 3.37. The van der Waals surface area contributed by atoms with E-state index in [2.05, 4.69) is 20.5 Å². The summed E-state index contributed by atoms with van der Waals surface area (Å²) in [4.78, 5) is 28.6. The lowest BCUT2D eigenvalue weighted by Crippen LogP contribution is -2.20. The van der Waals surface area contributed by atoms with Crippen LogP contribution in [0.3, 0.4) is 0 Å². The quantitative estimate of drug-likeness (QED) is 0.332. The second-order valence-electron chi connectivity index (χ2n) is 6.83. The van der Waals surface area contributed by atoms with E-state index in [0.29, 0.717) is 38.1 Å². The van der Waals surface area contributed by atoms with E-state index in [9.17, 15) is 9.59 Å². The molecule has 11 heteroatoms. The number of nitrogens with one attached hydrogen (secondary N) is 1. The van der Waals surface area contributed by atoms with E-state index < -0.39 is 0 Å². The third-order valence-electron chi connectivity index (χ3n) is 4.37. The Balaban J connectivity index is 1.31. The minimum atomic E-state index is -0.318. The first kappa shape index (κ1) is 21.1. The van der Waals surface area contributed by atoms with Crippen molar-refractivity contribution in [3.8, 4) is 5.75 Å². The van der Waals surface area contributed by atoms with Gasteiger partial charge in [-0.3, -0.25) is 14.9 Å². The Hall–Kier alpha value is -3.18. The fourth-order valence-corrected chi connectivity index (χ4v) is 4.37. The molecule has 0 saturated heterocycles. The van der Waals surface area contributed by atoms with Crippen molar-refractivity contribution < 1.29 is 14.1 Å². The van der Waals surface area contributed by atoms with Crippen LogP contribution in [0.5, 0.6) is 5.75 Å². The lowest BCUT2D eigenvalue weighted by Gasteiger charge is -2.07. The summed E-state index contributed by atoms with van der Waals surface area (Å²) in [5, 5.41) is 11.1. The Labute approximate surface area is 185 Å². The van der Waals surface area contributed by atoms with Crippen LogP contribution in [-0.4, -0.2) is 32.3 Å². The Morgan fingerprint density at radius 1 is 1.19 bits per heavy atom. The van der Waals surface area contributed by atoms with Crippen LogP contribution in [0.4, 0.5) is 5.13 Å². The molecule has 4 rings (SSSR count). The van der Waals surface area contributed by atoms with Crippen LogP contribution in [0.25, 0.3) is 5.65 Å². The number of rotatable bonds is 7. The number of aryl methyl sites for hydroxylation is 3. The highest BCUT2D eigenvalue weighted by Gasteiger charge is 2.12. The zero-order valence-corrected chi connectivity index (χ0v) is 18.7. The molecule has 0 fully saturated rings. The Morgan fingerprint density at radius 2 is 2.03 bits per heavy atom. The van der Waals surface area contributed by atoms with Gasteiger partial charge in [-0.2, -0.15) is 0 Å². The predicted molar refractivity (Wildman–Crippen MR) is 118 cm³/mol. The normalized spacial score (nSPS) is 11.1. The molecule has 3 heterocycles. The number of amides is 1. The minimum Gasteiger partial charge on any atom is -0.484 e. The maximum atomic E-state index is 12.1. The van der Waals surface area contributed by atoms with Crippen molar-refractivity contribution in [2.75, 3.05) is 11.9 Å². The molecule has 1 N–H and O–H groups in total. The average molecular weight is 458 g/mol. The van der Waals surface area contributed by atoms with E-state index >= 15 is 0 Å². The van der Waals surface area contributed by atoms with Gasteiger partial charge in [-0.05, 0) is 44.0 Å². The maximum absolute atomic E-state index is 12.1. The van der Waals surface area contributed by atoms with Gasteiger partial charge in [0.25, 0.3) is 11.5 Å². The zero-order valence-electron chi connectivity index (χ0n) is 17.0. The fraction of sp³-hybridized carbons (Fsp3) is 0.250. The largest absolute Gasteiger partial charge is 0.484 e. The first-order valence-corrected chi connectivity index (χ1v) is 11.1. The Bertz CT molecular complexity index is 1310. The van der Waals surface area contributed by atoms with Gasteiger partial charge in [0.2, 0.25) is 5.13 Å². The Kier molecular flexibility index (Phi) is 6.05. The van der Waals surface area contributed by atoms with Crippen LogP contribution < -0.4 is 15.6 Å². The third-order valence-corrected chi connectivity index (χ3v) is 6.37. The highest BCUT2D eigenvalue weighted by molar-refractivity contribution is 8.00. The summed E-state index contributed by atoms with van der Waals surface area (Å²) in [5.41, 5.74) is 3.06. The first-order valence-electron chi connectivity index (χ1n) is 9.33. The first-order chi connectivity index (χ1) is 14.9. The molecular weight excluding hydrogens is 438 g/mol. The van der Waals surface area contributed by atoms with E-state index in [-0.39, 0.29) is 18.1 Å². The topological polar surface area (TPSA) is 112 Å². The third kappa shape index (κ3) is 5.12. The molecule has 9 nitrogen and oxygen atoms in total. The van der Waals surface area contributed by atoms with Crippen molar-refractivity contribution in [1.82, 2.24) is 19.8 Å². The van der Waals surface area contributed by atoms with E-state index in [1.165, 1.54) is 29.2 Å². The number of nitrogens with zero attached hydrogens (tertiary/aromatic N) is 4. The molecule has 3 aromatic heterocycles. The van der Waals surface area contributed by atoms with Crippen molar-refractivity contribution in [2.45, 2.75) is 30.9 Å². The molecular formula is C20H19N5O4S2. The summed E-state index contributed by atoms with van der Waals surface area (Å²) >= 11 is 2.62. The average Bonchev–Trinajstić information content (AvgIpc) is 3.33. The van der Waals surface area contributed by atoms with Crippen molar-refractivity contribution in [3.05, 3.63) is 63.3 Å². The van der Waals surface area contributed by atoms with Crippen molar-refractivity contribution in [1.29, 1.82) is 0 Å². The van der Waals surface area contributed by atoms with Crippen LogP contribution in [0.1, 0.15) is 22.6 Å². The van der Waals surface area contributed by atoms with Crippen LogP contribution in [0, 0.1) is 20.8 Å². The number of aromatic nitrogens is 4. The van der Waals surface area contributed by atoms with Gasteiger partial charge in [0.05, 0.1) is 5.69 Å². The molecule has 0 radical (unpaired) electrons. The molecule has 0 aliphatic carbocycles. The van der Waals surface area contributed by atoms with E-state index in [1.54, 1.807) is 13.0 Å². The van der Waals surface area contributed by atoms with Gasteiger partial charge in [-0.15, -0.1) is 14.8 Å². The van der Waals surface area contributed by atoms with Crippen LogP contribution >= 0.6 is 23.1 Å². The summed E-state index contributed by atoms with van der Waals surface area (Å²) in [6.07, 6.45) is 0. The summed E-state index contributed by atoms with van der Waals surface area (Å²) < 4.78 is 12.6. The van der Waals surface area contributed by atoms with Crippen molar-refractivity contribution in [3.63, 3.8) is 0 Å². The van der Waals surface area contributed by atoms with E-state index in [0.717, 1.165) is 15.7 Å². The van der Waals surface area contributed by atoms with Gasteiger partial charge in [0, 0.05) is 17.9 Å². The van der Waals surface area contributed by atoms with Crippen molar-refractivity contribution >= 4 is 39.8 Å². The number of thioether (sulfide) groups is 1. The van der Waals surface area contributed by atoms with Gasteiger partial charge < -0.3 is 9.26 Å². The van der Waals surface area contributed by atoms with Crippen molar-refractivity contribution in [2.24, 2.45) is 0 Å². The number of ether oxygens (including phenoxy) is 1. The molecule has 0 aliphatic rings. The van der Waals surface area contributed by atoms with Crippen LogP contribution in [0.2, 0.25) is 0 Å². The molecule has 0 atom stereocenters. The number of hydrogen-bond donors (Lipinski definition) is 1. The lowest BCUT2D eigenvalue weighted by molar-refractivity contribution is -0.118. The summed E-state index contributed by atoms with van der Waals surface area (Å²) in [7, 11) is 0. The minimum absolute atomic E-state index is 0.122. The number of carbonyl (C=O) groups is 1. The summed E-state index contributed by atoms with van der Waals surface area (Å²) in [6, 6.07) is 8.80. The monoisotopic (exact) mass is 457 g/mol. The lowest BCUT2D eigenvalue weighted by atomic mass is 10.1. The second kappa shape index (κ2) is 8.90. The summed E-state index contributed by atoms with van der Waals surface area (Å²) in [6.45, 7) is 5.64. The molecule has 1 amide bonds. The molecule has 0 aliphatic heterocycles. The zero-order chi connectivity index (χ0) is 22.0. The Morgan fingerprint density at radius 3 is 2.84 bits per heavy atom. The van der Waals surface area contributed by atoms with E-state index in [1.807, 2.05) is 32.0 Å². The number of anilines is 1. The number of carbonyl (C=O) groups excluding carboxylic acids is 1. The summed E-state index contributed by atoms with van der Waals surface area (Å²) in [5.74, 6) is 1.37. The SMILES string of the molecule is Cc1cc2nc(CSc3nnc(NC(=O)COc4ccc(C)c(C)c4)s3)cc(=O)n2o1. The van der Waals surface area contributed by atoms with Gasteiger partial charge in [-0.25, -0.2) is 4.98 Å². The molecule has 31 heavy (non-hydrogen) atoms. The number of benzene rings is 1. The van der Waals surface area contributed by atoms with Crippen LogP contribution in [-0.2, 0) is 10.5 Å². The highest BCUT2D eigenvalue weighted by atomic mass is 32.2. The van der Waals surface area contributed by atoms with Gasteiger partial charge in [0.15, 0.2) is 16.6 Å². The van der Waals surface area contributed by atoms with Gasteiger partial charge in [0.1, 0.15) is 11.5 Å². The van der Waals surface area contributed by atoms with Gasteiger partial charge in [-0.1, -0.05) is 29.2 Å². The van der Waals surface area contributed by atoms with Gasteiger partial charge >= 0.3 is 0 Å². The maximum Gasteiger partial charge on any atom is 0.287 e. The molecule has 160 valence electrons. The van der Waals surface area contributed by atoms with Crippen LogP contribution in [0.15, 0.2) is 44.0 Å². The smallest absolute Gasteiger partial charge is 0.287 e. The molecule has 0 saturated carbocycles. The second-order valence-corrected chi connectivity index (χ2v) is 9.03. The molecule has 0 bridgehead atoms. The fourth-order valence-electron chi connectivity index (χ4n) is 2.71. The standard InChI is InChI=1S/C20H19N5O4S2/c1-11-4-5-15(6-12(11)2)28-9-17(26)22-19-23-24-20(31-19)30-10-14-8-18(27)25-16(21-14)7-13(3)29-25/h4-8H,9-10H2,1-3H3,(H,22,23,26). The molecule has 0 unspecified atom stereocenters. The number of fused-ring (bicyclic) bond motifs is 1. The molecule has 1 aromatic carbocycles. The molecule has 0 spiro atoms. The number of hydrogen-bond acceptors (Lipinski definition) is 9. The highest BCUT2D eigenvalue weighted by Crippen LogP contribution is 2.28.